The second-order valence-corrected chi connectivity index (χ2v) is 8.70. The predicted octanol–water partition coefficient (Wildman–Crippen LogP) is 2.59. The van der Waals surface area contributed by atoms with Crippen molar-refractivity contribution in [1.29, 1.82) is 0 Å². The molecule has 1 saturated carbocycles. The Morgan fingerprint density at radius 3 is 2.87 bits per heavy atom. The topological polar surface area (TPSA) is 94.5 Å². The summed E-state index contributed by atoms with van der Waals surface area (Å²) in [5, 5.41) is 12.7. The molecule has 0 atom stereocenters. The Kier molecular flexibility index (Phi) is 6.97. The Labute approximate surface area is 187 Å². The van der Waals surface area contributed by atoms with Crippen molar-refractivity contribution in [3.05, 3.63) is 22.7 Å². The fourth-order valence-electron chi connectivity index (χ4n) is 4.53. The highest BCUT2D eigenvalue weighted by Crippen LogP contribution is 2.36. The minimum Gasteiger partial charge on any atom is -0.493 e. The smallest absolute Gasteiger partial charge is 0.246 e. The van der Waals surface area contributed by atoms with Gasteiger partial charge in [0.05, 0.1) is 23.9 Å². The van der Waals surface area contributed by atoms with E-state index >= 15 is 0 Å². The van der Waals surface area contributed by atoms with E-state index in [1.54, 1.807) is 6.07 Å². The maximum absolute atomic E-state index is 12.7. The van der Waals surface area contributed by atoms with Gasteiger partial charge in [-0.3, -0.25) is 14.9 Å². The molecule has 2 aliphatic heterocycles. The first-order valence-corrected chi connectivity index (χ1v) is 11.4. The Bertz CT molecular complexity index is 869. The lowest BCUT2D eigenvalue weighted by Crippen LogP contribution is -2.43. The van der Waals surface area contributed by atoms with Gasteiger partial charge in [-0.25, -0.2) is 4.99 Å². The van der Waals surface area contributed by atoms with Crippen LogP contribution in [0.2, 0.25) is 5.02 Å². The van der Waals surface area contributed by atoms with Gasteiger partial charge in [-0.2, -0.15) is 0 Å². The maximum atomic E-state index is 12.7. The molecule has 0 radical (unpaired) electrons. The van der Waals surface area contributed by atoms with E-state index in [0.717, 1.165) is 31.2 Å². The summed E-state index contributed by atoms with van der Waals surface area (Å²) in [6, 6.07) is 3.83. The van der Waals surface area contributed by atoms with Crippen LogP contribution in [0.5, 0.6) is 5.75 Å². The van der Waals surface area contributed by atoms with E-state index in [-0.39, 0.29) is 31.0 Å². The van der Waals surface area contributed by atoms with E-state index in [4.69, 9.17) is 16.3 Å². The van der Waals surface area contributed by atoms with Crippen LogP contribution in [0, 0.1) is 0 Å². The zero-order valence-electron chi connectivity index (χ0n) is 17.6. The molecule has 0 unspecified atom stereocenters. The SMILES string of the molecule is O=C1CN2Cc3c(Cl)cc(OCCCC(=O)N(CCO)C4CCCCC4)cc3N=C2N1. The number of aliphatic hydroxyl groups excluding tert-OH is 1. The molecule has 0 spiro atoms. The monoisotopic (exact) mass is 448 g/mol. The molecular formula is C22H29ClN4O4. The lowest BCUT2D eigenvalue weighted by atomic mass is 9.94. The molecule has 4 rings (SSSR count). The number of guanidine groups is 1. The molecule has 2 heterocycles. The highest BCUT2D eigenvalue weighted by Gasteiger charge is 2.30. The number of nitrogens with one attached hydrogen (secondary N) is 1. The number of nitrogens with zero attached hydrogens (tertiary/aromatic N) is 3. The molecule has 1 aromatic rings. The van der Waals surface area contributed by atoms with E-state index in [0.29, 0.717) is 55.0 Å². The third-order valence-electron chi connectivity index (χ3n) is 6.09. The van der Waals surface area contributed by atoms with Crippen LogP contribution in [0.3, 0.4) is 0 Å². The van der Waals surface area contributed by atoms with Crippen molar-refractivity contribution in [2.24, 2.45) is 4.99 Å². The minimum atomic E-state index is -0.0766. The summed E-state index contributed by atoms with van der Waals surface area (Å²) >= 11 is 6.43. The number of carbonyl (C=O) groups excluding carboxylic acids is 2. The Hall–Kier alpha value is -2.32. The summed E-state index contributed by atoms with van der Waals surface area (Å²) < 4.78 is 5.85. The molecule has 9 heteroatoms. The Morgan fingerprint density at radius 2 is 2.10 bits per heavy atom. The summed E-state index contributed by atoms with van der Waals surface area (Å²) in [5.41, 5.74) is 1.56. The van der Waals surface area contributed by atoms with Gasteiger partial charge in [-0.15, -0.1) is 0 Å². The fraction of sp³-hybridized carbons (Fsp3) is 0.591. The van der Waals surface area contributed by atoms with Crippen LogP contribution in [0.25, 0.3) is 0 Å². The molecule has 168 valence electrons. The van der Waals surface area contributed by atoms with E-state index in [9.17, 15) is 14.7 Å². The van der Waals surface area contributed by atoms with Crippen LogP contribution in [0.4, 0.5) is 5.69 Å². The van der Waals surface area contributed by atoms with Gasteiger partial charge in [0.2, 0.25) is 17.8 Å². The number of aliphatic imine (C=N–C) groups is 1. The van der Waals surface area contributed by atoms with Crippen molar-refractivity contribution in [3.8, 4) is 5.75 Å². The van der Waals surface area contributed by atoms with Crippen LogP contribution in [0.1, 0.15) is 50.5 Å². The molecule has 0 aromatic heterocycles. The third-order valence-corrected chi connectivity index (χ3v) is 6.42. The number of amides is 2. The number of aliphatic hydroxyl groups is 1. The number of hydrogen-bond acceptors (Lipinski definition) is 6. The average Bonchev–Trinajstić information content (AvgIpc) is 3.13. The predicted molar refractivity (Wildman–Crippen MR) is 118 cm³/mol. The normalized spacial score (nSPS) is 18.2. The summed E-state index contributed by atoms with van der Waals surface area (Å²) in [6.45, 7) is 1.60. The summed E-state index contributed by atoms with van der Waals surface area (Å²) in [6.07, 6.45) is 6.54. The van der Waals surface area contributed by atoms with Crippen LogP contribution < -0.4 is 10.1 Å². The number of rotatable bonds is 8. The first kappa shape index (κ1) is 21.9. The highest BCUT2D eigenvalue weighted by molar-refractivity contribution is 6.32. The van der Waals surface area contributed by atoms with E-state index in [1.807, 2.05) is 15.9 Å². The van der Waals surface area contributed by atoms with Gasteiger partial charge in [0.1, 0.15) is 12.3 Å². The summed E-state index contributed by atoms with van der Waals surface area (Å²) in [4.78, 5) is 32.5. The van der Waals surface area contributed by atoms with Gasteiger partial charge in [0.25, 0.3) is 0 Å². The first-order valence-electron chi connectivity index (χ1n) is 11.0. The van der Waals surface area contributed by atoms with Gasteiger partial charge in [0.15, 0.2) is 0 Å². The van der Waals surface area contributed by atoms with Gasteiger partial charge in [-0.1, -0.05) is 30.9 Å². The van der Waals surface area contributed by atoms with Gasteiger partial charge in [0, 0.05) is 37.2 Å². The van der Waals surface area contributed by atoms with Crippen molar-refractivity contribution < 1.29 is 19.4 Å². The lowest BCUT2D eigenvalue weighted by molar-refractivity contribution is -0.135. The molecule has 1 saturated heterocycles. The molecule has 8 nitrogen and oxygen atoms in total. The minimum absolute atomic E-state index is 0.00719. The number of benzene rings is 1. The van der Waals surface area contributed by atoms with Crippen LogP contribution in [-0.2, 0) is 16.1 Å². The quantitative estimate of drug-likeness (QED) is 0.596. The van der Waals surface area contributed by atoms with Gasteiger partial charge < -0.3 is 19.6 Å². The van der Waals surface area contributed by atoms with Crippen molar-refractivity contribution >= 4 is 35.1 Å². The van der Waals surface area contributed by atoms with E-state index in [2.05, 4.69) is 10.3 Å². The van der Waals surface area contributed by atoms with Crippen LogP contribution in [-0.4, -0.2) is 65.0 Å². The number of hydrogen-bond donors (Lipinski definition) is 2. The fourth-order valence-corrected chi connectivity index (χ4v) is 4.80. The molecular weight excluding hydrogens is 420 g/mol. The second kappa shape index (κ2) is 9.87. The van der Waals surface area contributed by atoms with Crippen molar-refractivity contribution in [1.82, 2.24) is 15.1 Å². The lowest BCUT2D eigenvalue weighted by Gasteiger charge is -2.34. The zero-order valence-corrected chi connectivity index (χ0v) is 18.4. The maximum Gasteiger partial charge on any atom is 0.246 e. The average molecular weight is 449 g/mol. The van der Waals surface area contributed by atoms with Crippen molar-refractivity contribution in [3.63, 3.8) is 0 Å². The highest BCUT2D eigenvalue weighted by atomic mass is 35.5. The first-order chi connectivity index (χ1) is 15.0. The zero-order chi connectivity index (χ0) is 21.8. The molecule has 0 bridgehead atoms. The van der Waals surface area contributed by atoms with Crippen LogP contribution in [0.15, 0.2) is 17.1 Å². The largest absolute Gasteiger partial charge is 0.493 e. The number of ether oxygens (including phenoxy) is 1. The Morgan fingerprint density at radius 1 is 1.29 bits per heavy atom. The number of halogens is 1. The van der Waals surface area contributed by atoms with Gasteiger partial charge >= 0.3 is 0 Å². The van der Waals surface area contributed by atoms with E-state index in [1.165, 1.54) is 6.42 Å². The van der Waals surface area contributed by atoms with Crippen molar-refractivity contribution in [2.45, 2.75) is 57.5 Å². The molecule has 2 N–H and O–H groups in total. The molecule has 1 aliphatic carbocycles. The van der Waals surface area contributed by atoms with E-state index < -0.39 is 0 Å². The molecule has 1 aromatic carbocycles. The van der Waals surface area contributed by atoms with Crippen molar-refractivity contribution in [2.75, 3.05) is 26.3 Å². The summed E-state index contributed by atoms with van der Waals surface area (Å²) in [5.74, 6) is 1.14. The molecule has 2 fully saturated rings. The van der Waals surface area contributed by atoms with Gasteiger partial charge in [-0.05, 0) is 25.3 Å². The van der Waals surface area contributed by atoms with Crippen LogP contribution >= 0.6 is 11.6 Å². The second-order valence-electron chi connectivity index (χ2n) is 8.30. The Balaban J connectivity index is 1.31. The number of carbonyl (C=O) groups is 2. The molecule has 3 aliphatic rings. The molecule has 2 amide bonds. The third kappa shape index (κ3) is 5.13. The summed E-state index contributed by atoms with van der Waals surface area (Å²) in [7, 11) is 0. The standard InChI is InChI=1S/C22H29ClN4O4/c23-18-11-16(12-19-17(18)13-26-14-20(29)25-22(26)24-19)31-10-4-7-21(30)27(8-9-28)15-5-2-1-3-6-15/h11-12,15,28H,1-10,13-14H2,(H,24,25,29). The molecule has 31 heavy (non-hydrogen) atoms. The number of fused-ring (bicyclic) bond motifs is 2.